The minimum absolute atomic E-state index is 1.07. The zero-order valence-electron chi connectivity index (χ0n) is 15.6. The number of aryl methyl sites for hydroxylation is 1. The molecule has 2 aromatic carbocycles. The fraction of sp³-hybridized carbons (Fsp3) is 0.417. The van der Waals surface area contributed by atoms with E-state index >= 15 is 0 Å². The van der Waals surface area contributed by atoms with Gasteiger partial charge in [0.15, 0.2) is 0 Å². The molecule has 1 nitrogen and oxygen atoms in total. The summed E-state index contributed by atoms with van der Waals surface area (Å²) in [6.45, 7) is 8.22. The van der Waals surface area contributed by atoms with Crippen molar-refractivity contribution in [3.8, 4) is 0 Å². The lowest BCUT2D eigenvalue weighted by Gasteiger charge is -2.32. The number of unbranched alkanes of at least 4 members (excludes halogenated alkanes) is 1. The molecule has 2 aliphatic rings. The Balaban J connectivity index is 1.73. The number of likely N-dealkylation sites (tertiary alicyclic amines) is 1. The summed E-state index contributed by atoms with van der Waals surface area (Å²) >= 11 is 0. The summed E-state index contributed by atoms with van der Waals surface area (Å²) in [6, 6.07) is 16.1. The normalized spacial score (nSPS) is 17.4. The van der Waals surface area contributed by atoms with Crippen LogP contribution in [-0.2, 0) is 6.42 Å². The average molecular weight is 332 g/mol. The van der Waals surface area contributed by atoms with E-state index in [1.165, 1.54) is 73.1 Å². The van der Waals surface area contributed by atoms with Crippen LogP contribution in [0.4, 0.5) is 0 Å². The highest BCUT2D eigenvalue weighted by atomic mass is 15.1. The van der Waals surface area contributed by atoms with Crippen LogP contribution >= 0.6 is 0 Å². The van der Waals surface area contributed by atoms with Gasteiger partial charge in [0, 0.05) is 13.1 Å². The molecular weight excluding hydrogens is 302 g/mol. The minimum Gasteiger partial charge on any atom is -0.303 e. The maximum Gasteiger partial charge on any atom is 0.00190 e. The zero-order chi connectivity index (χ0) is 17.2. The van der Waals surface area contributed by atoms with Gasteiger partial charge in [-0.05, 0) is 67.0 Å². The van der Waals surface area contributed by atoms with Gasteiger partial charge >= 0.3 is 0 Å². The maximum atomic E-state index is 2.65. The van der Waals surface area contributed by atoms with Crippen LogP contribution in [0.5, 0.6) is 0 Å². The van der Waals surface area contributed by atoms with Gasteiger partial charge in [-0.15, -0.1) is 0 Å². The van der Waals surface area contributed by atoms with Crippen molar-refractivity contribution in [1.82, 2.24) is 4.90 Å². The van der Waals surface area contributed by atoms with Crippen LogP contribution in [0.3, 0.4) is 0 Å². The van der Waals surface area contributed by atoms with Crippen LogP contribution < -0.4 is 0 Å². The van der Waals surface area contributed by atoms with Crippen LogP contribution in [0.2, 0.25) is 0 Å². The van der Waals surface area contributed by atoms with Crippen LogP contribution in [0, 0.1) is 6.92 Å². The Morgan fingerprint density at radius 2 is 1.68 bits per heavy atom. The smallest absolute Gasteiger partial charge is 0.00190 e. The fourth-order valence-corrected chi connectivity index (χ4v) is 4.40. The standard InChI is InChI=1S/C24H29N/c1-3-4-13-25-14-11-19(12-15-25)24-22-8-6-5-7-20(22)17-21-10-9-18(2)16-23(21)24/h5-10,16H,3-4,11-15,17H2,1-2H3. The summed E-state index contributed by atoms with van der Waals surface area (Å²) in [5.74, 6) is 0. The van der Waals surface area contributed by atoms with E-state index in [1.807, 2.05) is 0 Å². The van der Waals surface area contributed by atoms with Crippen LogP contribution in [0.1, 0.15) is 60.4 Å². The number of rotatable bonds is 3. The molecule has 0 amide bonds. The molecule has 1 heterocycles. The highest BCUT2D eigenvalue weighted by molar-refractivity contribution is 5.88. The molecule has 0 N–H and O–H groups in total. The first kappa shape index (κ1) is 16.6. The molecule has 0 aromatic heterocycles. The van der Waals surface area contributed by atoms with Gasteiger partial charge in [0.2, 0.25) is 0 Å². The van der Waals surface area contributed by atoms with E-state index in [0.717, 1.165) is 6.42 Å². The first-order valence-corrected chi connectivity index (χ1v) is 9.89. The SMILES string of the molecule is CCCCN1CCC(=C2c3ccccc3Cc3ccc(C)cc32)CC1. The summed E-state index contributed by atoms with van der Waals surface area (Å²) in [5, 5.41) is 0. The number of hydrogen-bond donors (Lipinski definition) is 0. The Morgan fingerprint density at radius 3 is 2.48 bits per heavy atom. The van der Waals surface area contributed by atoms with E-state index in [4.69, 9.17) is 0 Å². The van der Waals surface area contributed by atoms with E-state index in [2.05, 4.69) is 61.2 Å². The maximum absolute atomic E-state index is 2.65. The number of hydrogen-bond acceptors (Lipinski definition) is 1. The molecule has 0 atom stereocenters. The largest absolute Gasteiger partial charge is 0.303 e. The van der Waals surface area contributed by atoms with E-state index in [0.29, 0.717) is 0 Å². The van der Waals surface area contributed by atoms with Crippen molar-refractivity contribution in [3.05, 3.63) is 75.9 Å². The molecule has 0 bridgehead atoms. The summed E-state index contributed by atoms with van der Waals surface area (Å²) in [4.78, 5) is 2.65. The molecule has 0 saturated carbocycles. The van der Waals surface area contributed by atoms with Gasteiger partial charge in [0.1, 0.15) is 0 Å². The minimum atomic E-state index is 1.07. The van der Waals surface area contributed by atoms with E-state index in [-0.39, 0.29) is 0 Å². The Morgan fingerprint density at radius 1 is 0.920 bits per heavy atom. The summed E-state index contributed by atoms with van der Waals surface area (Å²) in [5.41, 5.74) is 10.6. The molecule has 2 aromatic rings. The van der Waals surface area contributed by atoms with E-state index in [9.17, 15) is 0 Å². The van der Waals surface area contributed by atoms with Gasteiger partial charge in [0.25, 0.3) is 0 Å². The van der Waals surface area contributed by atoms with Crippen LogP contribution in [-0.4, -0.2) is 24.5 Å². The fourth-order valence-electron chi connectivity index (χ4n) is 4.40. The molecule has 4 rings (SSSR count). The lowest BCUT2D eigenvalue weighted by atomic mass is 9.78. The number of nitrogens with zero attached hydrogens (tertiary/aromatic N) is 1. The monoisotopic (exact) mass is 331 g/mol. The van der Waals surface area contributed by atoms with Gasteiger partial charge in [-0.3, -0.25) is 0 Å². The molecule has 1 saturated heterocycles. The van der Waals surface area contributed by atoms with Crippen molar-refractivity contribution in [2.24, 2.45) is 0 Å². The van der Waals surface area contributed by atoms with E-state index in [1.54, 1.807) is 11.1 Å². The molecule has 25 heavy (non-hydrogen) atoms. The summed E-state index contributed by atoms with van der Waals surface area (Å²) < 4.78 is 0. The summed E-state index contributed by atoms with van der Waals surface area (Å²) in [6.07, 6.45) is 6.15. The van der Waals surface area contributed by atoms with Crippen molar-refractivity contribution in [2.45, 2.75) is 46.0 Å². The predicted molar refractivity (Wildman–Crippen MR) is 107 cm³/mol. The quantitative estimate of drug-likeness (QED) is 0.604. The second kappa shape index (κ2) is 7.17. The first-order valence-electron chi connectivity index (χ1n) is 9.89. The van der Waals surface area contributed by atoms with Gasteiger partial charge < -0.3 is 4.90 Å². The molecule has 0 radical (unpaired) electrons. The Hall–Kier alpha value is -1.86. The van der Waals surface area contributed by atoms with Crippen LogP contribution in [0.25, 0.3) is 5.57 Å². The average Bonchev–Trinajstić information content (AvgIpc) is 2.65. The number of piperidine rings is 1. The second-order valence-electron chi connectivity index (χ2n) is 7.67. The van der Waals surface area contributed by atoms with Gasteiger partial charge in [-0.25, -0.2) is 0 Å². The molecule has 130 valence electrons. The van der Waals surface area contributed by atoms with Crippen molar-refractivity contribution < 1.29 is 0 Å². The number of fused-ring (bicyclic) bond motifs is 2. The van der Waals surface area contributed by atoms with Gasteiger partial charge in [-0.1, -0.05) is 66.9 Å². The van der Waals surface area contributed by atoms with Crippen molar-refractivity contribution >= 4 is 5.57 Å². The Kier molecular flexibility index (Phi) is 4.76. The van der Waals surface area contributed by atoms with E-state index < -0.39 is 0 Å². The predicted octanol–water partition coefficient (Wildman–Crippen LogP) is 5.60. The molecule has 1 aliphatic carbocycles. The molecule has 1 heteroatoms. The van der Waals surface area contributed by atoms with Crippen molar-refractivity contribution in [1.29, 1.82) is 0 Å². The molecule has 0 spiro atoms. The van der Waals surface area contributed by atoms with Crippen LogP contribution in [0.15, 0.2) is 48.0 Å². The van der Waals surface area contributed by atoms with Crippen molar-refractivity contribution in [2.75, 3.05) is 19.6 Å². The second-order valence-corrected chi connectivity index (χ2v) is 7.67. The summed E-state index contributed by atoms with van der Waals surface area (Å²) in [7, 11) is 0. The highest BCUT2D eigenvalue weighted by Gasteiger charge is 2.25. The molecular formula is C24H29N. The van der Waals surface area contributed by atoms with Crippen molar-refractivity contribution in [3.63, 3.8) is 0 Å². The highest BCUT2D eigenvalue weighted by Crippen LogP contribution is 2.40. The van der Waals surface area contributed by atoms with Gasteiger partial charge in [-0.2, -0.15) is 0 Å². The topological polar surface area (TPSA) is 3.24 Å². The van der Waals surface area contributed by atoms with Gasteiger partial charge in [0.05, 0.1) is 0 Å². The molecule has 1 fully saturated rings. The first-order chi connectivity index (χ1) is 12.3. The Labute approximate surface area is 152 Å². The Bertz CT molecular complexity index is 789. The third-order valence-electron chi connectivity index (χ3n) is 5.84. The molecule has 0 unspecified atom stereocenters. The number of benzene rings is 2. The third kappa shape index (κ3) is 3.30. The zero-order valence-corrected chi connectivity index (χ0v) is 15.6. The third-order valence-corrected chi connectivity index (χ3v) is 5.84. The molecule has 1 aliphatic heterocycles. The lowest BCUT2D eigenvalue weighted by Crippen LogP contribution is -2.32. The lowest BCUT2D eigenvalue weighted by molar-refractivity contribution is 0.253.